The molecule has 1 saturated heterocycles. The van der Waals surface area contributed by atoms with Crippen LogP contribution in [-0.2, 0) is 9.53 Å². The van der Waals surface area contributed by atoms with Crippen molar-refractivity contribution >= 4 is 17.8 Å². The van der Waals surface area contributed by atoms with Gasteiger partial charge in [0.25, 0.3) is 0 Å². The van der Waals surface area contributed by atoms with E-state index in [-0.39, 0.29) is 41.4 Å². The fourth-order valence-corrected chi connectivity index (χ4v) is 6.46. The van der Waals surface area contributed by atoms with Crippen molar-refractivity contribution in [2.75, 3.05) is 18.4 Å². The SMILES string of the molecule is N#Cc1ccc(N[C@H]2CCN(C(=O)OC3C4CC5C[C@H]3C[C@@](C(N)=O)(C5)C4)C2)nc1. The average molecular weight is 409 g/mol. The number of nitriles is 1. The maximum absolute atomic E-state index is 12.9. The Morgan fingerprint density at radius 3 is 2.67 bits per heavy atom. The van der Waals surface area contributed by atoms with Crippen molar-refractivity contribution in [2.45, 2.75) is 50.7 Å². The van der Waals surface area contributed by atoms with Crippen molar-refractivity contribution in [2.24, 2.45) is 28.9 Å². The average Bonchev–Trinajstić information content (AvgIpc) is 3.19. The second-order valence-corrected chi connectivity index (χ2v) is 9.58. The van der Waals surface area contributed by atoms with Crippen LogP contribution in [0.15, 0.2) is 18.3 Å². The minimum Gasteiger partial charge on any atom is -0.446 e. The molecule has 8 heteroatoms. The summed E-state index contributed by atoms with van der Waals surface area (Å²) < 4.78 is 6.02. The van der Waals surface area contributed by atoms with Crippen LogP contribution < -0.4 is 11.1 Å². The molecular weight excluding hydrogens is 382 g/mol. The van der Waals surface area contributed by atoms with Gasteiger partial charge in [-0.3, -0.25) is 4.79 Å². The van der Waals surface area contributed by atoms with E-state index in [0.29, 0.717) is 30.4 Å². The van der Waals surface area contributed by atoms with Gasteiger partial charge in [0, 0.05) is 25.3 Å². The molecule has 2 amide bonds. The third kappa shape index (κ3) is 3.26. The molecular formula is C22H27N5O3. The first kappa shape index (κ1) is 19.2. The zero-order valence-electron chi connectivity index (χ0n) is 16.9. The molecule has 1 aromatic rings. The number of nitrogens with one attached hydrogen (secondary N) is 1. The molecule has 0 radical (unpaired) electrons. The van der Waals surface area contributed by atoms with Gasteiger partial charge in [-0.15, -0.1) is 0 Å². The van der Waals surface area contributed by atoms with Crippen molar-refractivity contribution in [1.82, 2.24) is 9.88 Å². The van der Waals surface area contributed by atoms with Gasteiger partial charge in [-0.25, -0.2) is 9.78 Å². The van der Waals surface area contributed by atoms with Crippen molar-refractivity contribution < 1.29 is 14.3 Å². The number of ether oxygens (including phenoxy) is 1. The number of carbonyl (C=O) groups excluding carboxylic acids is 2. The first-order valence-corrected chi connectivity index (χ1v) is 10.8. The topological polar surface area (TPSA) is 121 Å². The second-order valence-electron chi connectivity index (χ2n) is 9.58. The fraction of sp³-hybridized carbons (Fsp3) is 0.636. The number of primary amides is 1. The minimum absolute atomic E-state index is 0.0891. The van der Waals surface area contributed by atoms with Gasteiger partial charge in [-0.1, -0.05) is 0 Å². The summed E-state index contributed by atoms with van der Waals surface area (Å²) in [5, 5.41) is 12.2. The van der Waals surface area contributed by atoms with Gasteiger partial charge < -0.3 is 20.7 Å². The van der Waals surface area contributed by atoms with Crippen LogP contribution in [0.5, 0.6) is 0 Å². The third-order valence-electron chi connectivity index (χ3n) is 7.64. The molecule has 1 aromatic heterocycles. The lowest BCUT2D eigenvalue weighted by Crippen LogP contribution is -2.59. The third-order valence-corrected chi connectivity index (χ3v) is 7.64. The molecule has 4 aliphatic carbocycles. The van der Waals surface area contributed by atoms with Crippen molar-refractivity contribution in [3.8, 4) is 6.07 Å². The Morgan fingerprint density at radius 2 is 2.03 bits per heavy atom. The van der Waals surface area contributed by atoms with E-state index in [9.17, 15) is 9.59 Å². The van der Waals surface area contributed by atoms with E-state index < -0.39 is 0 Å². The lowest BCUT2D eigenvalue weighted by atomic mass is 9.48. The van der Waals surface area contributed by atoms with Crippen LogP contribution in [-0.4, -0.2) is 47.1 Å². The number of carbonyl (C=O) groups is 2. The smallest absolute Gasteiger partial charge is 0.410 e. The maximum Gasteiger partial charge on any atom is 0.410 e. The Kier molecular flexibility index (Phi) is 4.57. The Labute approximate surface area is 175 Å². The number of likely N-dealkylation sites (tertiary alicyclic amines) is 1. The van der Waals surface area contributed by atoms with Crippen molar-refractivity contribution in [3.05, 3.63) is 23.9 Å². The number of nitrogens with two attached hydrogens (primary N) is 1. The first-order chi connectivity index (χ1) is 14.5. The fourth-order valence-electron chi connectivity index (χ4n) is 6.46. The molecule has 1 aliphatic heterocycles. The quantitative estimate of drug-likeness (QED) is 0.787. The molecule has 158 valence electrons. The molecule has 6 atom stereocenters. The minimum atomic E-state index is -0.365. The molecule has 3 N–H and O–H groups in total. The van der Waals surface area contributed by atoms with E-state index in [1.807, 2.05) is 0 Å². The van der Waals surface area contributed by atoms with Crippen LogP contribution in [0.3, 0.4) is 0 Å². The summed E-state index contributed by atoms with van der Waals surface area (Å²) in [4.78, 5) is 31.0. The molecule has 5 fully saturated rings. The molecule has 0 aromatic carbocycles. The van der Waals surface area contributed by atoms with Gasteiger partial charge in [0.05, 0.1) is 11.0 Å². The zero-order valence-corrected chi connectivity index (χ0v) is 16.9. The van der Waals surface area contributed by atoms with E-state index >= 15 is 0 Å². The molecule has 6 rings (SSSR count). The van der Waals surface area contributed by atoms with Crippen molar-refractivity contribution in [1.29, 1.82) is 5.26 Å². The van der Waals surface area contributed by atoms with E-state index in [1.165, 1.54) is 6.20 Å². The number of rotatable bonds is 4. The van der Waals surface area contributed by atoms with Crippen LogP contribution in [0.4, 0.5) is 10.6 Å². The number of hydrogen-bond donors (Lipinski definition) is 2. The molecule has 5 aliphatic rings. The van der Waals surface area contributed by atoms with Crippen LogP contribution in [0.2, 0.25) is 0 Å². The van der Waals surface area contributed by atoms with Gasteiger partial charge in [-0.05, 0) is 68.4 Å². The van der Waals surface area contributed by atoms with E-state index in [1.54, 1.807) is 17.0 Å². The van der Waals surface area contributed by atoms with Crippen molar-refractivity contribution in [3.63, 3.8) is 0 Å². The largest absolute Gasteiger partial charge is 0.446 e. The van der Waals surface area contributed by atoms with Gasteiger partial charge >= 0.3 is 6.09 Å². The number of nitrogens with zero attached hydrogens (tertiary/aromatic N) is 3. The maximum atomic E-state index is 12.9. The highest BCUT2D eigenvalue weighted by atomic mass is 16.6. The zero-order chi connectivity index (χ0) is 20.9. The molecule has 3 unspecified atom stereocenters. The molecule has 0 spiro atoms. The van der Waals surface area contributed by atoms with Crippen LogP contribution in [0, 0.1) is 34.5 Å². The Balaban J connectivity index is 1.18. The molecule has 4 bridgehead atoms. The Hall–Kier alpha value is -2.82. The van der Waals surface area contributed by atoms with Crippen LogP contribution >= 0.6 is 0 Å². The van der Waals surface area contributed by atoms with Gasteiger partial charge in [0.15, 0.2) is 0 Å². The summed E-state index contributed by atoms with van der Waals surface area (Å²) in [6, 6.07) is 5.66. The molecule has 2 heterocycles. The summed E-state index contributed by atoms with van der Waals surface area (Å²) in [7, 11) is 0. The number of pyridine rings is 1. The van der Waals surface area contributed by atoms with Gasteiger partial charge in [0.1, 0.15) is 18.0 Å². The number of amides is 2. The Bertz CT molecular complexity index is 879. The summed E-state index contributed by atoms with van der Waals surface area (Å²) in [5.41, 5.74) is 5.90. The van der Waals surface area contributed by atoms with Crippen LogP contribution in [0.1, 0.15) is 44.1 Å². The monoisotopic (exact) mass is 409 g/mol. The molecule has 8 nitrogen and oxygen atoms in total. The first-order valence-electron chi connectivity index (χ1n) is 10.8. The van der Waals surface area contributed by atoms with E-state index in [4.69, 9.17) is 15.7 Å². The van der Waals surface area contributed by atoms with E-state index in [0.717, 1.165) is 38.5 Å². The Morgan fingerprint density at radius 1 is 1.27 bits per heavy atom. The summed E-state index contributed by atoms with van der Waals surface area (Å²) in [6.45, 7) is 1.21. The number of anilines is 1. The summed E-state index contributed by atoms with van der Waals surface area (Å²) in [6.07, 6.45) is 6.54. The lowest BCUT2D eigenvalue weighted by Gasteiger charge is -2.58. The molecule has 30 heavy (non-hydrogen) atoms. The summed E-state index contributed by atoms with van der Waals surface area (Å²) in [5.74, 6) is 1.59. The lowest BCUT2D eigenvalue weighted by molar-refractivity contribution is -0.161. The number of hydrogen-bond acceptors (Lipinski definition) is 6. The predicted octanol–water partition coefficient (Wildman–Crippen LogP) is 2.26. The van der Waals surface area contributed by atoms with Crippen LogP contribution in [0.25, 0.3) is 0 Å². The highest BCUT2D eigenvalue weighted by Gasteiger charge is 2.59. The highest BCUT2D eigenvalue weighted by molar-refractivity contribution is 5.81. The number of aromatic nitrogens is 1. The standard InChI is InChI=1S/C22H27N5O3/c23-10-13-1-2-18(25-11-13)26-17-3-4-27(12-17)21(29)30-19-15-5-14-6-16(19)9-22(7-14,8-15)20(24)28/h1-2,11,14-17,19H,3-9,12H2,(H2,24,28)(H,25,26)/t14?,15-,16?,17-,19?,22-/m0/s1. The predicted molar refractivity (Wildman–Crippen MR) is 108 cm³/mol. The highest BCUT2D eigenvalue weighted by Crippen LogP contribution is 2.60. The normalized spacial score (nSPS) is 36.4. The van der Waals surface area contributed by atoms with E-state index in [2.05, 4.69) is 16.4 Å². The molecule has 4 saturated carbocycles. The van der Waals surface area contributed by atoms with Gasteiger partial charge in [-0.2, -0.15) is 5.26 Å². The summed E-state index contributed by atoms with van der Waals surface area (Å²) >= 11 is 0. The van der Waals surface area contributed by atoms with Gasteiger partial charge in [0.2, 0.25) is 5.91 Å². The second kappa shape index (κ2) is 7.15.